The van der Waals surface area contributed by atoms with Gasteiger partial charge in [0.2, 0.25) is 0 Å². The minimum absolute atomic E-state index is 0.393. The normalized spacial score (nSPS) is 33.8. The summed E-state index contributed by atoms with van der Waals surface area (Å²) in [5.41, 5.74) is 0. The average Bonchev–Trinajstić information content (AvgIpc) is 2.52. The van der Waals surface area contributed by atoms with Crippen LogP contribution in [0.2, 0.25) is 0 Å². The van der Waals surface area contributed by atoms with Gasteiger partial charge >= 0.3 is 0 Å². The molecule has 4 N–H and O–H groups in total. The van der Waals surface area contributed by atoms with Gasteiger partial charge in [0.15, 0.2) is 6.29 Å². The lowest BCUT2D eigenvalue weighted by Gasteiger charge is -2.40. The van der Waals surface area contributed by atoms with Crippen LogP contribution in [0.1, 0.15) is 52.4 Å². The van der Waals surface area contributed by atoms with E-state index in [1.54, 1.807) is 0 Å². The molecule has 1 unspecified atom stereocenters. The molecule has 1 saturated heterocycles. The van der Waals surface area contributed by atoms with Gasteiger partial charge in [-0.25, -0.2) is 0 Å². The van der Waals surface area contributed by atoms with Crippen LogP contribution in [0.25, 0.3) is 0 Å². The third-order valence-electron chi connectivity index (χ3n) is 4.26. The Bertz CT molecular complexity index is 286. The Balaban J connectivity index is 2.48. The minimum Gasteiger partial charge on any atom is -0.394 e. The van der Waals surface area contributed by atoms with Gasteiger partial charge in [-0.2, -0.15) is 0 Å². The Morgan fingerprint density at radius 1 is 0.955 bits per heavy atom. The fraction of sp³-hybridized carbons (Fsp3) is 1.00. The molecule has 0 aromatic heterocycles. The van der Waals surface area contributed by atoms with Gasteiger partial charge in [-0.3, -0.25) is 0 Å². The highest BCUT2D eigenvalue weighted by atomic mass is 16.7. The molecule has 0 spiro atoms. The van der Waals surface area contributed by atoms with E-state index in [9.17, 15) is 15.3 Å². The van der Waals surface area contributed by atoms with Gasteiger partial charge in [-0.05, 0) is 18.8 Å². The smallest absolute Gasteiger partial charge is 0.186 e. The summed E-state index contributed by atoms with van der Waals surface area (Å²) in [4.78, 5) is 0. The molecule has 1 aliphatic rings. The zero-order valence-electron chi connectivity index (χ0n) is 13.7. The number of aliphatic hydroxyl groups excluding tert-OH is 4. The summed E-state index contributed by atoms with van der Waals surface area (Å²) in [5.74, 6) is 0.393. The van der Waals surface area contributed by atoms with Crippen molar-refractivity contribution in [2.45, 2.75) is 83.1 Å². The SMILES string of the molecule is CCCCCC(CCC)CO[C@@H]1O[C@H](CO)[C@@H](O)[C@H](O)[C@H]1O. The number of aliphatic hydroxyl groups is 4. The van der Waals surface area contributed by atoms with Crippen molar-refractivity contribution in [3.8, 4) is 0 Å². The Kier molecular flexibility index (Phi) is 9.47. The molecule has 0 saturated carbocycles. The first kappa shape index (κ1) is 19.8. The predicted molar refractivity (Wildman–Crippen MR) is 82.3 cm³/mol. The Labute approximate surface area is 133 Å². The second-order valence-corrected chi connectivity index (χ2v) is 6.18. The number of unbranched alkanes of at least 4 members (excludes halogenated alkanes) is 2. The molecule has 0 aliphatic carbocycles. The molecule has 0 aromatic carbocycles. The number of hydrogen-bond donors (Lipinski definition) is 4. The van der Waals surface area contributed by atoms with E-state index in [1.807, 2.05) is 0 Å². The third kappa shape index (κ3) is 5.76. The molecule has 6 heteroatoms. The van der Waals surface area contributed by atoms with Crippen LogP contribution in [0.15, 0.2) is 0 Å². The maximum absolute atomic E-state index is 9.94. The van der Waals surface area contributed by atoms with Gasteiger partial charge in [0, 0.05) is 0 Å². The molecule has 0 aromatic rings. The fourth-order valence-electron chi connectivity index (χ4n) is 2.84. The highest BCUT2D eigenvalue weighted by molar-refractivity contribution is 4.88. The first-order valence-corrected chi connectivity index (χ1v) is 8.47. The van der Waals surface area contributed by atoms with Crippen molar-refractivity contribution in [2.75, 3.05) is 13.2 Å². The first-order chi connectivity index (χ1) is 10.5. The molecule has 0 radical (unpaired) electrons. The molecule has 1 heterocycles. The van der Waals surface area contributed by atoms with Crippen molar-refractivity contribution in [3.63, 3.8) is 0 Å². The molecule has 22 heavy (non-hydrogen) atoms. The van der Waals surface area contributed by atoms with Gasteiger partial charge < -0.3 is 29.9 Å². The fourth-order valence-corrected chi connectivity index (χ4v) is 2.84. The number of rotatable bonds is 10. The minimum atomic E-state index is -1.37. The average molecular weight is 320 g/mol. The largest absolute Gasteiger partial charge is 0.394 e. The Morgan fingerprint density at radius 2 is 1.68 bits per heavy atom. The van der Waals surface area contributed by atoms with Crippen LogP contribution in [0.5, 0.6) is 0 Å². The lowest BCUT2D eigenvalue weighted by atomic mass is 9.97. The summed E-state index contributed by atoms with van der Waals surface area (Å²) < 4.78 is 11.0. The van der Waals surface area contributed by atoms with Crippen LogP contribution in [-0.2, 0) is 9.47 Å². The van der Waals surface area contributed by atoms with Crippen molar-refractivity contribution in [2.24, 2.45) is 5.92 Å². The summed E-state index contributed by atoms with van der Waals surface area (Å²) in [5, 5.41) is 38.6. The Hall–Kier alpha value is -0.240. The third-order valence-corrected chi connectivity index (χ3v) is 4.26. The molecule has 132 valence electrons. The van der Waals surface area contributed by atoms with Crippen molar-refractivity contribution in [1.29, 1.82) is 0 Å². The zero-order chi connectivity index (χ0) is 16.5. The monoisotopic (exact) mass is 320 g/mol. The van der Waals surface area contributed by atoms with Gasteiger partial charge in [-0.15, -0.1) is 0 Å². The van der Waals surface area contributed by atoms with Crippen molar-refractivity contribution in [1.82, 2.24) is 0 Å². The summed E-state index contributed by atoms with van der Waals surface area (Å²) >= 11 is 0. The van der Waals surface area contributed by atoms with Gasteiger partial charge in [0.1, 0.15) is 24.4 Å². The topological polar surface area (TPSA) is 99.4 Å². The highest BCUT2D eigenvalue weighted by Gasteiger charge is 2.44. The van der Waals surface area contributed by atoms with Crippen molar-refractivity contribution < 1.29 is 29.9 Å². The van der Waals surface area contributed by atoms with Crippen LogP contribution in [0.4, 0.5) is 0 Å². The molecule has 0 amide bonds. The van der Waals surface area contributed by atoms with E-state index in [0.717, 1.165) is 25.7 Å². The maximum atomic E-state index is 9.94. The van der Waals surface area contributed by atoms with Gasteiger partial charge in [-0.1, -0.05) is 39.5 Å². The summed E-state index contributed by atoms with van der Waals surface area (Å²) in [7, 11) is 0. The lowest BCUT2D eigenvalue weighted by Crippen LogP contribution is -2.59. The van der Waals surface area contributed by atoms with Gasteiger partial charge in [0.25, 0.3) is 0 Å². The van der Waals surface area contributed by atoms with Crippen LogP contribution in [0, 0.1) is 5.92 Å². The molecule has 1 aliphatic heterocycles. The van der Waals surface area contributed by atoms with Crippen molar-refractivity contribution >= 4 is 0 Å². The zero-order valence-corrected chi connectivity index (χ0v) is 13.7. The van der Waals surface area contributed by atoms with E-state index in [0.29, 0.717) is 12.5 Å². The number of ether oxygens (including phenoxy) is 2. The van der Waals surface area contributed by atoms with E-state index < -0.39 is 37.3 Å². The second-order valence-electron chi connectivity index (χ2n) is 6.18. The standard InChI is InChI=1S/C16H32O6/c1-3-5-6-8-11(7-4-2)10-21-16-15(20)14(19)13(18)12(9-17)22-16/h11-20H,3-10H2,1-2H3/t11?,12-,13-,14+,15-,16-/m1/s1. The van der Waals surface area contributed by atoms with Crippen molar-refractivity contribution in [3.05, 3.63) is 0 Å². The summed E-state index contributed by atoms with van der Waals surface area (Å²) in [6, 6.07) is 0. The van der Waals surface area contributed by atoms with E-state index in [4.69, 9.17) is 14.6 Å². The lowest BCUT2D eigenvalue weighted by molar-refractivity contribution is -0.303. The van der Waals surface area contributed by atoms with Gasteiger partial charge in [0.05, 0.1) is 13.2 Å². The van der Waals surface area contributed by atoms with Crippen LogP contribution in [0.3, 0.4) is 0 Å². The molecular weight excluding hydrogens is 288 g/mol. The maximum Gasteiger partial charge on any atom is 0.186 e. The van der Waals surface area contributed by atoms with E-state index in [1.165, 1.54) is 12.8 Å². The molecule has 1 rings (SSSR count). The quantitative estimate of drug-likeness (QED) is 0.444. The van der Waals surface area contributed by atoms with Crippen LogP contribution in [-0.4, -0.2) is 64.3 Å². The second kappa shape index (κ2) is 10.5. The van der Waals surface area contributed by atoms with Crippen LogP contribution < -0.4 is 0 Å². The molecule has 1 fully saturated rings. The Morgan fingerprint density at radius 3 is 2.27 bits per heavy atom. The van der Waals surface area contributed by atoms with E-state index in [-0.39, 0.29) is 0 Å². The first-order valence-electron chi connectivity index (χ1n) is 8.47. The molecule has 6 atom stereocenters. The van der Waals surface area contributed by atoms with Crippen LogP contribution >= 0.6 is 0 Å². The predicted octanol–water partition coefficient (Wildman–Crippen LogP) is 0.799. The highest BCUT2D eigenvalue weighted by Crippen LogP contribution is 2.24. The molecule has 6 nitrogen and oxygen atoms in total. The van der Waals surface area contributed by atoms with E-state index in [2.05, 4.69) is 13.8 Å². The van der Waals surface area contributed by atoms with E-state index >= 15 is 0 Å². The summed E-state index contributed by atoms with van der Waals surface area (Å²) in [6.07, 6.45) is 0.752. The molecular formula is C16H32O6. The summed E-state index contributed by atoms with van der Waals surface area (Å²) in [6.45, 7) is 4.31. The number of hydrogen-bond acceptors (Lipinski definition) is 6. The molecule has 0 bridgehead atoms.